The molecule has 2 N–H and O–H groups in total. The van der Waals surface area contributed by atoms with Crippen LogP contribution in [0.4, 0.5) is 15.8 Å². The van der Waals surface area contributed by atoms with Gasteiger partial charge >= 0.3 is 0 Å². The first kappa shape index (κ1) is 13.1. The van der Waals surface area contributed by atoms with Gasteiger partial charge in [0.25, 0.3) is 0 Å². The van der Waals surface area contributed by atoms with Crippen LogP contribution < -0.4 is 10.6 Å². The summed E-state index contributed by atoms with van der Waals surface area (Å²) in [6.45, 7) is 5.13. The lowest BCUT2D eigenvalue weighted by Gasteiger charge is -2.24. The third-order valence-corrected chi connectivity index (χ3v) is 3.05. The van der Waals surface area contributed by atoms with E-state index in [1.54, 1.807) is 0 Å². The van der Waals surface area contributed by atoms with Crippen molar-refractivity contribution < 1.29 is 4.39 Å². The van der Waals surface area contributed by atoms with Crippen LogP contribution in [0.1, 0.15) is 20.3 Å². The molecule has 0 aromatic heterocycles. The van der Waals surface area contributed by atoms with Crippen LogP contribution in [-0.2, 0) is 0 Å². The van der Waals surface area contributed by atoms with E-state index < -0.39 is 5.82 Å². The van der Waals surface area contributed by atoms with Gasteiger partial charge in [-0.15, -0.1) is 0 Å². The first-order chi connectivity index (χ1) is 7.45. The summed E-state index contributed by atoms with van der Waals surface area (Å²) in [5.41, 5.74) is 7.02. The van der Waals surface area contributed by atoms with E-state index in [0.29, 0.717) is 17.3 Å². The van der Waals surface area contributed by atoms with Crippen LogP contribution in [0.3, 0.4) is 0 Å². The molecule has 0 bridgehead atoms. The van der Waals surface area contributed by atoms with Crippen molar-refractivity contribution in [2.45, 2.75) is 20.3 Å². The summed E-state index contributed by atoms with van der Waals surface area (Å²) < 4.78 is 13.3. The Morgan fingerprint density at radius 3 is 2.69 bits per heavy atom. The van der Waals surface area contributed by atoms with Gasteiger partial charge in [-0.05, 0) is 12.0 Å². The number of hydrogen-bond acceptors (Lipinski definition) is 2. The van der Waals surface area contributed by atoms with Crippen molar-refractivity contribution in [3.05, 3.63) is 23.0 Å². The van der Waals surface area contributed by atoms with Gasteiger partial charge in [-0.25, -0.2) is 4.39 Å². The van der Waals surface area contributed by atoms with E-state index in [-0.39, 0.29) is 5.02 Å². The SMILES string of the molecule is CCC(C)CN(C)c1cc(F)c(Cl)cc1N. The van der Waals surface area contributed by atoms with Crippen molar-refractivity contribution in [3.63, 3.8) is 0 Å². The fraction of sp³-hybridized carbons (Fsp3) is 0.500. The zero-order chi connectivity index (χ0) is 12.3. The number of halogens is 2. The largest absolute Gasteiger partial charge is 0.397 e. The summed E-state index contributed by atoms with van der Waals surface area (Å²) in [7, 11) is 1.91. The molecule has 0 aliphatic carbocycles. The molecule has 1 atom stereocenters. The van der Waals surface area contributed by atoms with E-state index in [2.05, 4.69) is 13.8 Å². The predicted octanol–water partition coefficient (Wildman–Crippen LogP) is 3.54. The molecule has 4 heteroatoms. The third-order valence-electron chi connectivity index (χ3n) is 2.76. The second kappa shape index (κ2) is 5.39. The number of hydrogen-bond donors (Lipinski definition) is 1. The van der Waals surface area contributed by atoms with Crippen LogP contribution in [0.5, 0.6) is 0 Å². The fourth-order valence-electron chi connectivity index (χ4n) is 1.58. The Hall–Kier alpha value is -0.960. The predicted molar refractivity (Wildman–Crippen MR) is 68.5 cm³/mol. The van der Waals surface area contributed by atoms with Crippen LogP contribution in [0.15, 0.2) is 12.1 Å². The van der Waals surface area contributed by atoms with Gasteiger partial charge in [-0.1, -0.05) is 31.9 Å². The number of nitrogens with zero attached hydrogens (tertiary/aromatic N) is 1. The smallest absolute Gasteiger partial charge is 0.144 e. The molecule has 1 rings (SSSR count). The van der Waals surface area contributed by atoms with Gasteiger partial charge in [0.05, 0.1) is 16.4 Å². The molecule has 0 aliphatic heterocycles. The fourth-order valence-corrected chi connectivity index (χ4v) is 1.75. The highest BCUT2D eigenvalue weighted by Crippen LogP contribution is 2.29. The Kier molecular flexibility index (Phi) is 4.42. The summed E-state index contributed by atoms with van der Waals surface area (Å²) >= 11 is 5.65. The molecule has 1 aromatic rings. The zero-order valence-electron chi connectivity index (χ0n) is 9.93. The Morgan fingerprint density at radius 1 is 1.50 bits per heavy atom. The summed E-state index contributed by atoms with van der Waals surface area (Å²) in [5, 5.41) is 0.0678. The molecule has 0 saturated heterocycles. The van der Waals surface area contributed by atoms with Gasteiger partial charge in [-0.2, -0.15) is 0 Å². The average molecular weight is 245 g/mol. The van der Waals surface area contributed by atoms with Crippen molar-refractivity contribution in [1.82, 2.24) is 0 Å². The molecule has 0 spiro atoms. The van der Waals surface area contributed by atoms with Crippen LogP contribution >= 0.6 is 11.6 Å². The minimum absolute atomic E-state index is 0.0678. The van der Waals surface area contributed by atoms with Crippen LogP contribution in [-0.4, -0.2) is 13.6 Å². The number of rotatable bonds is 4. The van der Waals surface area contributed by atoms with Crippen LogP contribution in [0.2, 0.25) is 5.02 Å². The minimum atomic E-state index is -0.429. The number of benzene rings is 1. The van der Waals surface area contributed by atoms with Crippen molar-refractivity contribution in [1.29, 1.82) is 0 Å². The number of anilines is 2. The normalized spacial score (nSPS) is 12.6. The zero-order valence-corrected chi connectivity index (χ0v) is 10.7. The lowest BCUT2D eigenvalue weighted by atomic mass is 10.1. The first-order valence-corrected chi connectivity index (χ1v) is 5.79. The van der Waals surface area contributed by atoms with Gasteiger partial charge in [0.2, 0.25) is 0 Å². The van der Waals surface area contributed by atoms with Gasteiger partial charge in [0.15, 0.2) is 0 Å². The maximum atomic E-state index is 13.3. The topological polar surface area (TPSA) is 29.3 Å². The van der Waals surface area contributed by atoms with E-state index in [4.69, 9.17) is 17.3 Å². The number of nitrogen functional groups attached to an aromatic ring is 1. The van der Waals surface area contributed by atoms with Crippen LogP contribution in [0, 0.1) is 11.7 Å². The second-order valence-electron chi connectivity index (χ2n) is 4.22. The Bertz CT molecular complexity index is 368. The summed E-state index contributed by atoms with van der Waals surface area (Å²) in [5.74, 6) is 0.116. The van der Waals surface area contributed by atoms with Crippen molar-refractivity contribution in [2.24, 2.45) is 5.92 Å². The third kappa shape index (κ3) is 3.01. The monoisotopic (exact) mass is 244 g/mol. The molecule has 0 saturated carbocycles. The molecule has 0 radical (unpaired) electrons. The lowest BCUT2D eigenvalue weighted by Crippen LogP contribution is -2.24. The van der Waals surface area contributed by atoms with E-state index in [1.165, 1.54) is 12.1 Å². The summed E-state index contributed by atoms with van der Waals surface area (Å²) in [6, 6.07) is 2.85. The minimum Gasteiger partial charge on any atom is -0.397 e. The number of nitrogens with two attached hydrogens (primary N) is 1. The van der Waals surface area contributed by atoms with Gasteiger partial charge in [0, 0.05) is 19.7 Å². The maximum absolute atomic E-state index is 13.3. The quantitative estimate of drug-likeness (QED) is 0.821. The molecule has 1 unspecified atom stereocenters. The van der Waals surface area contributed by atoms with Crippen molar-refractivity contribution in [2.75, 3.05) is 24.2 Å². The van der Waals surface area contributed by atoms with Crippen LogP contribution in [0.25, 0.3) is 0 Å². The average Bonchev–Trinajstić information content (AvgIpc) is 2.23. The molecule has 0 amide bonds. The highest BCUT2D eigenvalue weighted by Gasteiger charge is 2.11. The highest BCUT2D eigenvalue weighted by atomic mass is 35.5. The molecular formula is C12H18ClFN2. The molecule has 0 aliphatic rings. The van der Waals surface area contributed by atoms with Crippen molar-refractivity contribution in [3.8, 4) is 0 Å². The first-order valence-electron chi connectivity index (χ1n) is 5.41. The van der Waals surface area contributed by atoms with Gasteiger partial charge in [-0.3, -0.25) is 0 Å². The Labute approximate surface area is 101 Å². The van der Waals surface area contributed by atoms with Crippen molar-refractivity contribution >= 4 is 23.0 Å². The molecular weight excluding hydrogens is 227 g/mol. The van der Waals surface area contributed by atoms with E-state index in [0.717, 1.165) is 13.0 Å². The van der Waals surface area contributed by atoms with E-state index >= 15 is 0 Å². The molecule has 90 valence electrons. The second-order valence-corrected chi connectivity index (χ2v) is 4.63. The van der Waals surface area contributed by atoms with E-state index in [1.807, 2.05) is 11.9 Å². The maximum Gasteiger partial charge on any atom is 0.144 e. The summed E-state index contributed by atoms with van der Waals surface area (Å²) in [4.78, 5) is 1.96. The highest BCUT2D eigenvalue weighted by molar-refractivity contribution is 6.31. The van der Waals surface area contributed by atoms with Gasteiger partial charge in [0.1, 0.15) is 5.82 Å². The van der Waals surface area contributed by atoms with E-state index in [9.17, 15) is 4.39 Å². The molecule has 0 heterocycles. The Morgan fingerprint density at radius 2 is 2.12 bits per heavy atom. The molecule has 1 aromatic carbocycles. The molecule has 16 heavy (non-hydrogen) atoms. The Balaban J connectivity index is 2.91. The standard InChI is InChI=1S/C12H18ClFN2/c1-4-8(2)7-16(3)12-6-10(14)9(13)5-11(12)15/h5-6,8H,4,7,15H2,1-3H3. The molecule has 2 nitrogen and oxygen atoms in total. The van der Waals surface area contributed by atoms with Gasteiger partial charge < -0.3 is 10.6 Å². The molecule has 0 fully saturated rings. The summed E-state index contributed by atoms with van der Waals surface area (Å²) in [6.07, 6.45) is 1.08. The lowest BCUT2D eigenvalue weighted by molar-refractivity contribution is 0.559.